The summed E-state index contributed by atoms with van der Waals surface area (Å²) in [6.45, 7) is 0.731. The van der Waals surface area contributed by atoms with Crippen LogP contribution in [0.5, 0.6) is 5.75 Å². The molecule has 0 aliphatic rings. The molecule has 0 aliphatic carbocycles. The van der Waals surface area contributed by atoms with E-state index < -0.39 is 48.2 Å². The van der Waals surface area contributed by atoms with Crippen molar-refractivity contribution in [3.63, 3.8) is 0 Å². The Labute approximate surface area is 158 Å². The first-order chi connectivity index (χ1) is 13.2. The molecule has 0 aromatic heterocycles. The van der Waals surface area contributed by atoms with Crippen LogP contribution in [0.3, 0.4) is 0 Å². The van der Waals surface area contributed by atoms with Gasteiger partial charge >= 0.3 is 6.18 Å². The van der Waals surface area contributed by atoms with E-state index in [0.29, 0.717) is 0 Å². The Morgan fingerprint density at radius 1 is 1.07 bits per heavy atom. The second-order valence-electron chi connectivity index (χ2n) is 5.72. The number of carbonyl (C=O) groups excluding carboxylic acids is 2. The first kappa shape index (κ1) is 21.2. The standard InChI is InChI=1S/C19H18F4N2O3/c1-2-25(18(27)12-28-16-10-6-4-8-14(16)20)11-17(26)24-15-9-5-3-7-13(15)19(21,22)23/h3-10H,2,11-12H2,1H3,(H,24,26). The molecule has 0 aliphatic heterocycles. The van der Waals surface area contributed by atoms with Crippen LogP contribution in [-0.2, 0) is 15.8 Å². The molecular weight excluding hydrogens is 380 g/mol. The summed E-state index contributed by atoms with van der Waals surface area (Å²) < 4.78 is 57.6. The van der Waals surface area contributed by atoms with E-state index in [-0.39, 0.29) is 12.3 Å². The third-order valence-electron chi connectivity index (χ3n) is 3.76. The fraction of sp³-hybridized carbons (Fsp3) is 0.263. The number of hydrogen-bond acceptors (Lipinski definition) is 3. The van der Waals surface area contributed by atoms with Crippen LogP contribution >= 0.6 is 0 Å². The summed E-state index contributed by atoms with van der Waals surface area (Å²) in [6, 6.07) is 10.1. The highest BCUT2D eigenvalue weighted by atomic mass is 19.4. The van der Waals surface area contributed by atoms with Gasteiger partial charge in [-0.05, 0) is 31.2 Å². The Hall–Kier alpha value is -3.10. The quantitative estimate of drug-likeness (QED) is 0.724. The van der Waals surface area contributed by atoms with Crippen LogP contribution in [-0.4, -0.2) is 36.4 Å². The summed E-state index contributed by atoms with van der Waals surface area (Å²) >= 11 is 0. The van der Waals surface area contributed by atoms with Crippen molar-refractivity contribution in [1.29, 1.82) is 0 Å². The van der Waals surface area contributed by atoms with E-state index >= 15 is 0 Å². The molecule has 5 nitrogen and oxygen atoms in total. The van der Waals surface area contributed by atoms with Gasteiger partial charge in [0.2, 0.25) is 5.91 Å². The van der Waals surface area contributed by atoms with Crippen LogP contribution in [0.15, 0.2) is 48.5 Å². The summed E-state index contributed by atoms with van der Waals surface area (Å²) in [4.78, 5) is 25.4. The molecule has 2 aromatic rings. The normalized spacial score (nSPS) is 11.0. The second-order valence-corrected chi connectivity index (χ2v) is 5.72. The van der Waals surface area contributed by atoms with Gasteiger partial charge in [0.1, 0.15) is 0 Å². The zero-order chi connectivity index (χ0) is 20.7. The number of likely N-dealkylation sites (N-methyl/N-ethyl adjacent to an activating group) is 1. The fourth-order valence-electron chi connectivity index (χ4n) is 2.37. The fourth-order valence-corrected chi connectivity index (χ4v) is 2.37. The SMILES string of the molecule is CCN(CC(=O)Nc1ccccc1C(F)(F)F)C(=O)COc1ccccc1F. The van der Waals surface area contributed by atoms with Crippen LogP contribution < -0.4 is 10.1 Å². The molecule has 9 heteroatoms. The van der Waals surface area contributed by atoms with Crippen LogP contribution in [0.25, 0.3) is 0 Å². The molecule has 2 rings (SSSR count). The van der Waals surface area contributed by atoms with Gasteiger partial charge in [0.25, 0.3) is 5.91 Å². The van der Waals surface area contributed by atoms with Gasteiger partial charge in [-0.25, -0.2) is 4.39 Å². The Balaban J connectivity index is 1.98. The lowest BCUT2D eigenvalue weighted by Gasteiger charge is -2.21. The van der Waals surface area contributed by atoms with E-state index in [9.17, 15) is 27.2 Å². The molecule has 2 aromatic carbocycles. The number of alkyl halides is 3. The molecule has 150 valence electrons. The summed E-state index contributed by atoms with van der Waals surface area (Å²) in [5.74, 6) is -2.15. The van der Waals surface area contributed by atoms with Gasteiger partial charge in [-0.1, -0.05) is 24.3 Å². The lowest BCUT2D eigenvalue weighted by atomic mass is 10.1. The molecule has 0 radical (unpaired) electrons. The van der Waals surface area contributed by atoms with Gasteiger partial charge in [0.15, 0.2) is 18.2 Å². The van der Waals surface area contributed by atoms with Crippen molar-refractivity contribution >= 4 is 17.5 Å². The summed E-state index contributed by atoms with van der Waals surface area (Å²) in [7, 11) is 0. The van der Waals surface area contributed by atoms with Gasteiger partial charge in [-0.15, -0.1) is 0 Å². The van der Waals surface area contributed by atoms with E-state index in [1.165, 1.54) is 36.4 Å². The zero-order valence-corrected chi connectivity index (χ0v) is 14.9. The minimum absolute atomic E-state index is 0.115. The second kappa shape index (κ2) is 9.20. The van der Waals surface area contributed by atoms with Crippen molar-refractivity contribution in [2.45, 2.75) is 13.1 Å². The number of rotatable bonds is 7. The lowest BCUT2D eigenvalue weighted by Crippen LogP contribution is -2.40. The van der Waals surface area contributed by atoms with Crippen molar-refractivity contribution < 1.29 is 31.9 Å². The third-order valence-corrected chi connectivity index (χ3v) is 3.76. The Morgan fingerprint density at radius 2 is 1.71 bits per heavy atom. The lowest BCUT2D eigenvalue weighted by molar-refractivity contribution is -0.138. The van der Waals surface area contributed by atoms with Gasteiger partial charge in [0.05, 0.1) is 17.8 Å². The largest absolute Gasteiger partial charge is 0.481 e. The molecule has 0 spiro atoms. The van der Waals surface area contributed by atoms with Crippen LogP contribution in [0.4, 0.5) is 23.2 Å². The van der Waals surface area contributed by atoms with Crippen LogP contribution in [0, 0.1) is 5.82 Å². The molecule has 28 heavy (non-hydrogen) atoms. The maximum absolute atomic E-state index is 13.5. The maximum atomic E-state index is 13.5. The number of halogens is 4. The molecular formula is C19H18F4N2O3. The van der Waals surface area contributed by atoms with E-state index in [4.69, 9.17) is 4.74 Å². The predicted octanol–water partition coefficient (Wildman–Crippen LogP) is 3.71. The summed E-state index contributed by atoms with van der Waals surface area (Å²) in [5, 5.41) is 2.17. The molecule has 0 heterocycles. The molecule has 0 unspecified atom stereocenters. The van der Waals surface area contributed by atoms with E-state index in [2.05, 4.69) is 5.32 Å². The number of amides is 2. The average Bonchev–Trinajstić information content (AvgIpc) is 2.64. The molecule has 0 bridgehead atoms. The first-order valence-corrected chi connectivity index (χ1v) is 8.33. The van der Waals surface area contributed by atoms with E-state index in [0.717, 1.165) is 17.0 Å². The molecule has 0 saturated heterocycles. The van der Waals surface area contributed by atoms with E-state index in [1.54, 1.807) is 6.92 Å². The van der Waals surface area contributed by atoms with E-state index in [1.807, 2.05) is 0 Å². The van der Waals surface area contributed by atoms with Crippen molar-refractivity contribution in [2.24, 2.45) is 0 Å². The monoisotopic (exact) mass is 398 g/mol. The van der Waals surface area contributed by atoms with Crippen molar-refractivity contribution in [2.75, 3.05) is 25.0 Å². The molecule has 1 N–H and O–H groups in total. The maximum Gasteiger partial charge on any atom is 0.418 e. The number of nitrogens with zero attached hydrogens (tertiary/aromatic N) is 1. The van der Waals surface area contributed by atoms with Gasteiger partial charge < -0.3 is 15.0 Å². The number of hydrogen-bond donors (Lipinski definition) is 1. The number of nitrogens with one attached hydrogen (secondary N) is 1. The van der Waals surface area contributed by atoms with Crippen molar-refractivity contribution in [3.8, 4) is 5.75 Å². The Kier molecular flexibility index (Phi) is 6.97. The summed E-state index contributed by atoms with van der Waals surface area (Å²) in [6.07, 6.45) is -4.63. The number of anilines is 1. The minimum Gasteiger partial charge on any atom is -0.481 e. The zero-order valence-electron chi connectivity index (χ0n) is 14.9. The highest BCUT2D eigenvalue weighted by Gasteiger charge is 2.33. The highest BCUT2D eigenvalue weighted by Crippen LogP contribution is 2.34. The average molecular weight is 398 g/mol. The molecule has 2 amide bonds. The van der Waals surface area contributed by atoms with Gasteiger partial charge in [0, 0.05) is 6.54 Å². The van der Waals surface area contributed by atoms with Gasteiger partial charge in [-0.2, -0.15) is 13.2 Å². The molecule has 0 saturated carbocycles. The van der Waals surface area contributed by atoms with Crippen LogP contribution in [0.1, 0.15) is 12.5 Å². The summed E-state index contributed by atoms with van der Waals surface area (Å²) in [5.41, 5.74) is -1.38. The number of carbonyl (C=O) groups is 2. The molecule has 0 atom stereocenters. The van der Waals surface area contributed by atoms with Crippen molar-refractivity contribution in [3.05, 3.63) is 59.9 Å². The predicted molar refractivity (Wildman–Crippen MR) is 94.2 cm³/mol. The topological polar surface area (TPSA) is 58.6 Å². The number of ether oxygens (including phenoxy) is 1. The Bertz CT molecular complexity index is 840. The molecule has 0 fully saturated rings. The third kappa shape index (κ3) is 5.70. The van der Waals surface area contributed by atoms with Crippen molar-refractivity contribution in [1.82, 2.24) is 4.90 Å². The highest BCUT2D eigenvalue weighted by molar-refractivity contribution is 5.95. The number of para-hydroxylation sites is 2. The Morgan fingerprint density at radius 3 is 2.36 bits per heavy atom. The minimum atomic E-state index is -4.63. The van der Waals surface area contributed by atoms with Crippen LogP contribution in [0.2, 0.25) is 0 Å². The van der Waals surface area contributed by atoms with Gasteiger partial charge in [-0.3, -0.25) is 9.59 Å². The first-order valence-electron chi connectivity index (χ1n) is 8.33. The smallest absolute Gasteiger partial charge is 0.418 e. The number of benzene rings is 2.